The van der Waals surface area contributed by atoms with Crippen molar-refractivity contribution in [1.29, 1.82) is 0 Å². The Morgan fingerprint density at radius 2 is 0.833 bits per heavy atom. The van der Waals surface area contributed by atoms with Gasteiger partial charge in [-0.15, -0.1) is 0 Å². The molecule has 0 bridgehead atoms. The molecule has 1 aromatic carbocycles. The van der Waals surface area contributed by atoms with Gasteiger partial charge in [-0.2, -0.15) is 0 Å². The molecule has 0 aliphatic rings. The molecule has 0 amide bonds. The molecule has 0 aromatic heterocycles. The van der Waals surface area contributed by atoms with Gasteiger partial charge in [0.25, 0.3) is 10.9 Å². The molecule has 1 rings (SSSR count). The highest BCUT2D eigenvalue weighted by atomic mass is 16.5. The van der Waals surface area contributed by atoms with Crippen molar-refractivity contribution in [2.24, 2.45) is 0 Å². The minimum Gasteiger partial charge on any atom is -0.462 e. The molecular formula is C63H115N3O6. The van der Waals surface area contributed by atoms with E-state index in [0.29, 0.717) is 6.54 Å². The van der Waals surface area contributed by atoms with Crippen molar-refractivity contribution >= 4 is 23.3 Å². The van der Waals surface area contributed by atoms with E-state index >= 15 is 0 Å². The van der Waals surface area contributed by atoms with Crippen LogP contribution in [0.1, 0.15) is 297 Å². The highest BCUT2D eigenvalue weighted by Crippen LogP contribution is 2.23. The number of esters is 2. The summed E-state index contributed by atoms with van der Waals surface area (Å²) in [6, 6.07) is -0.981. The molecule has 0 radical (unpaired) electrons. The molecule has 0 aliphatic heterocycles. The zero-order chi connectivity index (χ0) is 52.5. The van der Waals surface area contributed by atoms with Crippen molar-refractivity contribution in [3.8, 4) is 0 Å². The smallest absolute Gasteiger partial charge is 0.328 e. The maximum atomic E-state index is 14.3. The van der Waals surface area contributed by atoms with E-state index in [-0.39, 0.29) is 42.4 Å². The van der Waals surface area contributed by atoms with Gasteiger partial charge in [-0.25, -0.2) is 4.79 Å². The lowest BCUT2D eigenvalue weighted by Gasteiger charge is -2.25. The van der Waals surface area contributed by atoms with Crippen LogP contribution in [0.2, 0.25) is 0 Å². The van der Waals surface area contributed by atoms with Crippen molar-refractivity contribution in [3.63, 3.8) is 0 Å². The largest absolute Gasteiger partial charge is 0.462 e. The number of nitrogens with zero attached hydrogens (tertiary/aromatic N) is 1. The summed E-state index contributed by atoms with van der Waals surface area (Å²) in [5.41, 5.74) is -0.882. The van der Waals surface area contributed by atoms with Crippen LogP contribution in [0.3, 0.4) is 0 Å². The molecule has 0 aliphatic carbocycles. The van der Waals surface area contributed by atoms with Crippen LogP contribution in [0, 0.1) is 0 Å². The zero-order valence-corrected chi connectivity index (χ0v) is 48.1. The minimum atomic E-state index is -0.981. The molecule has 418 valence electrons. The van der Waals surface area contributed by atoms with Gasteiger partial charge in [0, 0.05) is 13.0 Å². The van der Waals surface area contributed by atoms with Gasteiger partial charge in [0.15, 0.2) is 0 Å². The topological polar surface area (TPSA) is 114 Å². The third-order valence-electron chi connectivity index (χ3n) is 14.4. The lowest BCUT2D eigenvalue weighted by atomic mass is 10.0. The van der Waals surface area contributed by atoms with Crippen molar-refractivity contribution in [1.82, 2.24) is 4.90 Å². The number of hydrogen-bond acceptors (Lipinski definition) is 9. The van der Waals surface area contributed by atoms with Crippen LogP contribution in [0.15, 0.2) is 33.9 Å². The summed E-state index contributed by atoms with van der Waals surface area (Å²) < 4.78 is 12.6. The van der Waals surface area contributed by atoms with Gasteiger partial charge in [0.05, 0.1) is 0 Å². The van der Waals surface area contributed by atoms with Crippen molar-refractivity contribution in [2.75, 3.05) is 37.8 Å². The maximum Gasteiger partial charge on any atom is 0.328 e. The van der Waals surface area contributed by atoms with Gasteiger partial charge >= 0.3 is 11.9 Å². The van der Waals surface area contributed by atoms with Crippen molar-refractivity contribution in [2.45, 2.75) is 316 Å². The van der Waals surface area contributed by atoms with Gasteiger partial charge in [-0.05, 0) is 117 Å². The van der Waals surface area contributed by atoms with E-state index in [9.17, 15) is 19.2 Å². The molecule has 0 spiro atoms. The maximum absolute atomic E-state index is 14.3. The molecular weight excluding hydrogens is 895 g/mol. The molecule has 0 fully saturated rings. The Morgan fingerprint density at radius 1 is 0.444 bits per heavy atom. The van der Waals surface area contributed by atoms with Crippen LogP contribution >= 0.6 is 0 Å². The van der Waals surface area contributed by atoms with Crippen LogP contribution in [-0.4, -0.2) is 62.3 Å². The average molecular weight is 1010 g/mol. The lowest BCUT2D eigenvalue weighted by Crippen LogP contribution is -2.43. The van der Waals surface area contributed by atoms with Gasteiger partial charge in [0.1, 0.15) is 29.6 Å². The summed E-state index contributed by atoms with van der Waals surface area (Å²) in [6.07, 6.45) is 55.1. The average Bonchev–Trinajstić information content (AvgIpc) is 3.37. The number of carbonyl (C=O) groups excluding carboxylic acids is 2. The summed E-state index contributed by atoms with van der Waals surface area (Å²) in [6.45, 7) is 10.4. The second-order valence-corrected chi connectivity index (χ2v) is 21.7. The highest BCUT2D eigenvalue weighted by molar-refractivity contribution is 5.84. The van der Waals surface area contributed by atoms with E-state index in [4.69, 9.17) is 9.47 Å². The second kappa shape index (κ2) is 49.0. The molecule has 1 aromatic rings. The Bertz CT molecular complexity index is 1530. The molecule has 72 heavy (non-hydrogen) atoms. The minimum absolute atomic E-state index is 0.00118. The number of unbranched alkanes of at least 4 members (excludes halogenated alkanes) is 29. The van der Waals surface area contributed by atoms with Gasteiger partial charge in [-0.3, -0.25) is 14.4 Å². The van der Waals surface area contributed by atoms with E-state index in [0.717, 1.165) is 96.4 Å². The predicted octanol–water partition coefficient (Wildman–Crippen LogP) is 17.4. The molecule has 0 heterocycles. The number of carbonyl (C=O) groups is 2. The summed E-state index contributed by atoms with van der Waals surface area (Å²) in [7, 11) is 4.06. The first-order valence-electron chi connectivity index (χ1n) is 30.9. The fourth-order valence-electron chi connectivity index (χ4n) is 9.65. The van der Waals surface area contributed by atoms with Crippen molar-refractivity contribution < 1.29 is 19.1 Å². The van der Waals surface area contributed by atoms with Crippen LogP contribution in [0.5, 0.6) is 0 Å². The molecule has 2 unspecified atom stereocenters. The molecule has 3 atom stereocenters. The molecule has 9 nitrogen and oxygen atoms in total. The van der Waals surface area contributed by atoms with Gasteiger partial charge in [0.2, 0.25) is 0 Å². The SMILES string of the molecule is CCCCC/C=C\CCC(CCCCCCCCCCCCCC)OC(=O)CC[C@H](Nc1c(NCCCCN(C)C)c(=O)c1=O)C(=O)OC(CC/C=C\CCCCC)CCCCCCCCCCCCCC. The Hall–Kier alpha value is -2.94. The van der Waals surface area contributed by atoms with Gasteiger partial charge < -0.3 is 25.0 Å². The predicted molar refractivity (Wildman–Crippen MR) is 310 cm³/mol. The Balaban J connectivity index is 3.09. The quantitative estimate of drug-likeness (QED) is 0.0285. The molecule has 9 heteroatoms. The van der Waals surface area contributed by atoms with Crippen LogP contribution in [0.4, 0.5) is 11.4 Å². The van der Waals surface area contributed by atoms with Crippen LogP contribution < -0.4 is 21.5 Å². The standard InChI is InChI=1S/C63H115N3O6/c1-7-11-15-19-23-25-27-29-31-35-39-42-48-55(47-41-37-33-21-17-13-9-3)71-58(67)52-51-57(65-60-59(61(68)62(60)69)64-53-45-46-54-66(5)6)63(70)72-56(49-43-38-34-22-18-14-10-4)50-44-40-36-32-30-28-26-24-20-16-12-8-2/h33-34,37-38,55-57,64-65H,7-32,35-36,39-54H2,1-6H3/b37-33-,38-34-/t55?,56?,57-/m0/s1. The number of rotatable bonds is 54. The number of allylic oxidation sites excluding steroid dienone is 4. The normalized spacial score (nSPS) is 13.2. The molecule has 0 saturated carbocycles. The van der Waals surface area contributed by atoms with E-state index in [1.54, 1.807) is 0 Å². The van der Waals surface area contributed by atoms with Crippen molar-refractivity contribution in [3.05, 3.63) is 44.8 Å². The fraction of sp³-hybridized carbons (Fsp3) is 0.841. The van der Waals surface area contributed by atoms with E-state index in [1.807, 2.05) is 14.1 Å². The summed E-state index contributed by atoms with van der Waals surface area (Å²) in [5, 5.41) is 6.32. The zero-order valence-electron chi connectivity index (χ0n) is 48.1. The highest BCUT2D eigenvalue weighted by Gasteiger charge is 2.30. The Kier molecular flexibility index (Phi) is 45.6. The first-order chi connectivity index (χ1) is 35.2. The molecule has 0 saturated heterocycles. The van der Waals surface area contributed by atoms with E-state index in [2.05, 4.69) is 67.5 Å². The molecule has 2 N–H and O–H groups in total. The van der Waals surface area contributed by atoms with Crippen LogP contribution in [0.25, 0.3) is 0 Å². The summed E-state index contributed by atoms with van der Waals surface area (Å²) in [4.78, 5) is 56.2. The van der Waals surface area contributed by atoms with E-state index in [1.165, 1.54) is 167 Å². The monoisotopic (exact) mass is 1010 g/mol. The summed E-state index contributed by atoms with van der Waals surface area (Å²) in [5.74, 6) is -0.819. The second-order valence-electron chi connectivity index (χ2n) is 21.7. The first-order valence-corrected chi connectivity index (χ1v) is 30.9. The Labute approximate surface area is 443 Å². The third kappa shape index (κ3) is 37.7. The Morgan fingerprint density at radius 3 is 1.28 bits per heavy atom. The first kappa shape index (κ1) is 67.1. The van der Waals surface area contributed by atoms with Crippen LogP contribution in [-0.2, 0) is 19.1 Å². The number of nitrogens with one attached hydrogen (secondary N) is 2. The van der Waals surface area contributed by atoms with E-state index < -0.39 is 22.9 Å². The number of hydrogen-bond donors (Lipinski definition) is 2. The number of ether oxygens (including phenoxy) is 2. The lowest BCUT2D eigenvalue weighted by molar-refractivity contribution is -0.152. The number of anilines is 2. The fourth-order valence-corrected chi connectivity index (χ4v) is 9.65. The summed E-state index contributed by atoms with van der Waals surface area (Å²) >= 11 is 0. The van der Waals surface area contributed by atoms with Gasteiger partial charge in [-0.1, -0.05) is 219 Å². The third-order valence-corrected chi connectivity index (χ3v) is 14.4.